The smallest absolute Gasteiger partial charge is 0.297 e. The van der Waals surface area contributed by atoms with Crippen molar-refractivity contribution in [2.75, 3.05) is 21.3 Å². The SMILES string of the molecule is COc1cc(-c2csc(=Nc3c(C)n(C)n(-c4ccccc4)c3=O)n2N=C2CCCC(C)C2)cc(OC)c1OC. The Balaban J connectivity index is 1.73. The van der Waals surface area contributed by atoms with Gasteiger partial charge in [-0.25, -0.2) is 14.4 Å². The molecule has 2 aromatic carbocycles. The van der Waals surface area contributed by atoms with Gasteiger partial charge in [-0.15, -0.1) is 11.3 Å². The maximum absolute atomic E-state index is 13.6. The highest BCUT2D eigenvalue weighted by molar-refractivity contribution is 7.07. The van der Waals surface area contributed by atoms with Gasteiger partial charge in [-0.2, -0.15) is 5.10 Å². The van der Waals surface area contributed by atoms with E-state index >= 15 is 0 Å². The van der Waals surface area contributed by atoms with Crippen molar-refractivity contribution in [3.63, 3.8) is 0 Å². The molecule has 9 nitrogen and oxygen atoms in total. The van der Waals surface area contributed by atoms with Gasteiger partial charge in [0.05, 0.1) is 38.4 Å². The quantitative estimate of drug-likeness (QED) is 0.290. The van der Waals surface area contributed by atoms with Crippen molar-refractivity contribution in [2.45, 2.75) is 39.5 Å². The molecule has 1 atom stereocenters. The molecule has 5 rings (SSSR count). The Hall–Kier alpha value is -4.05. The van der Waals surface area contributed by atoms with Gasteiger partial charge in [0.25, 0.3) is 5.56 Å². The minimum absolute atomic E-state index is 0.181. The van der Waals surface area contributed by atoms with Gasteiger partial charge in [0.15, 0.2) is 17.2 Å². The Morgan fingerprint density at radius 2 is 1.73 bits per heavy atom. The Labute approximate surface area is 237 Å². The number of benzene rings is 2. The van der Waals surface area contributed by atoms with Gasteiger partial charge in [-0.3, -0.25) is 9.48 Å². The minimum atomic E-state index is -0.181. The molecule has 1 aliphatic carbocycles. The van der Waals surface area contributed by atoms with Crippen LogP contribution in [0.3, 0.4) is 0 Å². The average Bonchev–Trinajstić information content (AvgIpc) is 3.45. The molecule has 210 valence electrons. The second-order valence-corrected chi connectivity index (χ2v) is 10.9. The summed E-state index contributed by atoms with van der Waals surface area (Å²) in [6, 6.07) is 13.4. The minimum Gasteiger partial charge on any atom is -0.493 e. The lowest BCUT2D eigenvalue weighted by atomic mass is 9.89. The second kappa shape index (κ2) is 11.6. The van der Waals surface area contributed by atoms with Crippen LogP contribution in [0.15, 0.2) is 62.7 Å². The highest BCUT2D eigenvalue weighted by atomic mass is 32.1. The highest BCUT2D eigenvalue weighted by Crippen LogP contribution is 2.41. The second-order valence-electron chi connectivity index (χ2n) is 10.0. The lowest BCUT2D eigenvalue weighted by Gasteiger charge is -2.19. The van der Waals surface area contributed by atoms with E-state index in [1.165, 1.54) is 17.8 Å². The first-order valence-electron chi connectivity index (χ1n) is 13.3. The van der Waals surface area contributed by atoms with Crippen LogP contribution in [0.25, 0.3) is 16.9 Å². The summed E-state index contributed by atoms with van der Waals surface area (Å²) in [6.45, 7) is 4.17. The van der Waals surface area contributed by atoms with Gasteiger partial charge in [0.2, 0.25) is 10.6 Å². The molecule has 0 N–H and O–H groups in total. The van der Waals surface area contributed by atoms with Crippen LogP contribution >= 0.6 is 11.3 Å². The summed E-state index contributed by atoms with van der Waals surface area (Å²) in [4.78, 5) is 19.2. The van der Waals surface area contributed by atoms with E-state index < -0.39 is 0 Å². The number of para-hydroxylation sites is 1. The van der Waals surface area contributed by atoms with E-state index in [0.29, 0.717) is 33.7 Å². The molecule has 40 heavy (non-hydrogen) atoms. The number of hydrogen-bond acceptors (Lipinski definition) is 7. The fourth-order valence-electron chi connectivity index (χ4n) is 5.17. The fraction of sp³-hybridized carbons (Fsp3) is 0.367. The molecule has 4 aromatic rings. The fourth-order valence-corrected chi connectivity index (χ4v) is 6.01. The van der Waals surface area contributed by atoms with Crippen LogP contribution in [0.5, 0.6) is 17.2 Å². The Kier molecular flexibility index (Phi) is 7.97. The summed E-state index contributed by atoms with van der Waals surface area (Å²) in [6.07, 6.45) is 4.18. The first-order valence-corrected chi connectivity index (χ1v) is 14.2. The standard InChI is InChI=1S/C30H35N5O4S/c1-19-11-10-12-22(15-19)32-34-24(21-16-25(37-4)28(39-6)26(17-21)38-5)18-40-30(34)31-27-20(2)33(3)35(29(27)36)23-13-8-7-9-14-23/h7-9,13-14,16-19H,10-12,15H2,1-6H3. The molecule has 0 amide bonds. The molecule has 0 radical (unpaired) electrons. The Bertz CT molecular complexity index is 1650. The summed E-state index contributed by atoms with van der Waals surface area (Å²) in [5, 5.41) is 7.13. The van der Waals surface area contributed by atoms with Crippen LogP contribution < -0.4 is 24.6 Å². The van der Waals surface area contributed by atoms with Gasteiger partial charge in [-0.05, 0) is 62.8 Å². The first kappa shape index (κ1) is 27.5. The lowest BCUT2D eigenvalue weighted by molar-refractivity contribution is 0.324. The molecular weight excluding hydrogens is 526 g/mol. The van der Waals surface area contributed by atoms with Gasteiger partial charge < -0.3 is 14.2 Å². The number of hydrogen-bond donors (Lipinski definition) is 0. The van der Waals surface area contributed by atoms with Crippen molar-refractivity contribution in [3.05, 3.63) is 68.7 Å². The third-order valence-electron chi connectivity index (χ3n) is 7.36. The van der Waals surface area contributed by atoms with E-state index in [2.05, 4.69) is 6.92 Å². The van der Waals surface area contributed by atoms with E-state index in [4.69, 9.17) is 24.3 Å². The molecule has 2 aromatic heterocycles. The normalized spacial score (nSPS) is 16.9. The van der Waals surface area contributed by atoms with Crippen LogP contribution in [-0.2, 0) is 7.05 Å². The monoisotopic (exact) mass is 561 g/mol. The zero-order valence-corrected chi connectivity index (χ0v) is 24.6. The van der Waals surface area contributed by atoms with E-state index in [1.54, 1.807) is 26.0 Å². The molecule has 0 spiro atoms. The largest absolute Gasteiger partial charge is 0.493 e. The van der Waals surface area contributed by atoms with Crippen LogP contribution in [0.1, 0.15) is 38.3 Å². The van der Waals surface area contributed by atoms with Crippen molar-refractivity contribution in [1.29, 1.82) is 0 Å². The number of methoxy groups -OCH3 is 3. The number of thiazole rings is 1. The molecule has 1 saturated carbocycles. The Morgan fingerprint density at radius 3 is 2.35 bits per heavy atom. The molecule has 0 saturated heterocycles. The van der Waals surface area contributed by atoms with E-state index in [9.17, 15) is 4.79 Å². The summed E-state index contributed by atoms with van der Waals surface area (Å²) >= 11 is 1.44. The zero-order chi connectivity index (χ0) is 28.4. The molecule has 0 bridgehead atoms. The lowest BCUT2D eigenvalue weighted by Crippen LogP contribution is -2.20. The summed E-state index contributed by atoms with van der Waals surface area (Å²) < 4.78 is 22.1. The predicted octanol–water partition coefficient (Wildman–Crippen LogP) is 5.69. The van der Waals surface area contributed by atoms with E-state index in [0.717, 1.165) is 47.6 Å². The molecule has 1 unspecified atom stereocenters. The first-order chi connectivity index (χ1) is 19.4. The maximum Gasteiger partial charge on any atom is 0.297 e. The third kappa shape index (κ3) is 5.11. The van der Waals surface area contributed by atoms with Crippen molar-refractivity contribution in [1.82, 2.24) is 14.0 Å². The van der Waals surface area contributed by atoms with Gasteiger partial charge >= 0.3 is 0 Å². The molecular formula is C30H35N5O4S. The van der Waals surface area contributed by atoms with Crippen molar-refractivity contribution >= 4 is 22.7 Å². The van der Waals surface area contributed by atoms with Crippen LogP contribution in [-0.4, -0.2) is 41.1 Å². The van der Waals surface area contributed by atoms with Crippen LogP contribution in [0, 0.1) is 12.8 Å². The Morgan fingerprint density at radius 1 is 1.02 bits per heavy atom. The van der Waals surface area contributed by atoms with Gasteiger partial charge in [0, 0.05) is 23.7 Å². The molecule has 10 heteroatoms. The number of nitrogens with zero attached hydrogens (tertiary/aromatic N) is 5. The predicted molar refractivity (Wildman–Crippen MR) is 159 cm³/mol. The molecule has 1 fully saturated rings. The summed E-state index contributed by atoms with van der Waals surface area (Å²) in [7, 11) is 6.66. The van der Waals surface area contributed by atoms with Crippen molar-refractivity contribution in [2.24, 2.45) is 23.1 Å². The number of rotatable bonds is 7. The van der Waals surface area contributed by atoms with E-state index in [1.807, 2.05) is 71.2 Å². The molecule has 1 aliphatic rings. The highest BCUT2D eigenvalue weighted by Gasteiger charge is 2.21. The summed E-state index contributed by atoms with van der Waals surface area (Å²) in [5.74, 6) is 2.20. The summed E-state index contributed by atoms with van der Waals surface area (Å²) in [5.41, 5.74) is 4.54. The van der Waals surface area contributed by atoms with Gasteiger partial charge in [-0.1, -0.05) is 25.1 Å². The maximum atomic E-state index is 13.6. The average molecular weight is 562 g/mol. The van der Waals surface area contributed by atoms with Crippen LogP contribution in [0.2, 0.25) is 0 Å². The third-order valence-corrected chi connectivity index (χ3v) is 8.18. The van der Waals surface area contributed by atoms with E-state index in [-0.39, 0.29) is 5.56 Å². The zero-order valence-electron chi connectivity index (χ0n) is 23.8. The number of aromatic nitrogens is 3. The van der Waals surface area contributed by atoms with Gasteiger partial charge in [0.1, 0.15) is 0 Å². The topological polar surface area (TPSA) is 84.3 Å². The molecule has 2 heterocycles. The molecule has 0 aliphatic heterocycles. The van der Waals surface area contributed by atoms with Crippen molar-refractivity contribution in [3.8, 4) is 34.2 Å². The van der Waals surface area contributed by atoms with Crippen molar-refractivity contribution < 1.29 is 14.2 Å². The number of ether oxygens (including phenoxy) is 3. The van der Waals surface area contributed by atoms with Crippen LogP contribution in [0.4, 0.5) is 5.69 Å².